The monoisotopic (exact) mass is 295 g/mol. The van der Waals surface area contributed by atoms with Gasteiger partial charge in [0, 0.05) is 25.0 Å². The van der Waals surface area contributed by atoms with Crippen LogP contribution in [0.4, 0.5) is 0 Å². The minimum Gasteiger partial charge on any atom is -0.355 e. The Morgan fingerprint density at radius 1 is 1.19 bits per heavy atom. The van der Waals surface area contributed by atoms with E-state index in [0.717, 1.165) is 32.4 Å². The van der Waals surface area contributed by atoms with E-state index in [2.05, 4.69) is 17.1 Å². The number of carbonyl (C=O) groups excluding carboxylic acids is 1. The number of rotatable bonds is 5. The molecule has 3 unspecified atom stereocenters. The van der Waals surface area contributed by atoms with Gasteiger partial charge in [-0.1, -0.05) is 26.2 Å². The summed E-state index contributed by atoms with van der Waals surface area (Å²) in [6.07, 6.45) is 9.82. The van der Waals surface area contributed by atoms with Crippen LogP contribution in [0.15, 0.2) is 0 Å². The van der Waals surface area contributed by atoms with Gasteiger partial charge in [0.05, 0.1) is 0 Å². The molecule has 0 radical (unpaired) electrons. The van der Waals surface area contributed by atoms with Crippen LogP contribution in [-0.2, 0) is 4.79 Å². The number of hydrogen-bond acceptors (Lipinski definition) is 3. The highest BCUT2D eigenvalue weighted by atomic mass is 16.1. The van der Waals surface area contributed by atoms with Gasteiger partial charge in [-0.05, 0) is 51.1 Å². The van der Waals surface area contributed by atoms with Crippen molar-refractivity contribution >= 4 is 5.91 Å². The van der Waals surface area contributed by atoms with E-state index in [0.29, 0.717) is 12.0 Å². The highest BCUT2D eigenvalue weighted by molar-refractivity contribution is 5.78. The molecule has 1 amide bonds. The van der Waals surface area contributed by atoms with Gasteiger partial charge < -0.3 is 16.0 Å². The van der Waals surface area contributed by atoms with Gasteiger partial charge in [0.2, 0.25) is 5.91 Å². The molecule has 1 heterocycles. The first-order valence-corrected chi connectivity index (χ1v) is 8.92. The number of carbonyl (C=O) groups is 1. The molecule has 1 saturated carbocycles. The Hall–Kier alpha value is -0.610. The number of likely N-dealkylation sites (tertiary alicyclic amines) is 1. The lowest BCUT2D eigenvalue weighted by atomic mass is 9.78. The molecule has 1 aliphatic heterocycles. The molecule has 1 saturated heterocycles. The van der Waals surface area contributed by atoms with Crippen molar-refractivity contribution in [2.75, 3.05) is 26.2 Å². The molecule has 0 aromatic heterocycles. The van der Waals surface area contributed by atoms with Crippen LogP contribution in [0.1, 0.15) is 58.3 Å². The Morgan fingerprint density at radius 2 is 1.90 bits per heavy atom. The van der Waals surface area contributed by atoms with E-state index in [1.54, 1.807) is 0 Å². The van der Waals surface area contributed by atoms with Crippen LogP contribution in [-0.4, -0.2) is 43.0 Å². The number of nitrogens with two attached hydrogens (primary N) is 1. The highest BCUT2D eigenvalue weighted by Gasteiger charge is 2.28. The third-order valence-corrected chi connectivity index (χ3v) is 5.30. The summed E-state index contributed by atoms with van der Waals surface area (Å²) < 4.78 is 0. The average molecular weight is 295 g/mol. The minimum atomic E-state index is 0.112. The topological polar surface area (TPSA) is 58.4 Å². The van der Waals surface area contributed by atoms with Gasteiger partial charge in [-0.3, -0.25) is 4.79 Å². The predicted molar refractivity (Wildman–Crippen MR) is 87.0 cm³/mol. The molecular weight excluding hydrogens is 262 g/mol. The fourth-order valence-electron chi connectivity index (χ4n) is 3.79. The first-order chi connectivity index (χ1) is 10.2. The Kier molecular flexibility index (Phi) is 6.97. The molecule has 2 aliphatic rings. The standard InChI is InChI=1S/C17H33N3O/c1-14(15-7-6-8-16(18)13-15)17(21)19-9-12-20-10-4-2-3-5-11-20/h14-16H,2-13,18H2,1H3,(H,19,21). The van der Waals surface area contributed by atoms with Crippen molar-refractivity contribution in [2.45, 2.75) is 64.3 Å². The molecule has 122 valence electrons. The molecule has 3 atom stereocenters. The SMILES string of the molecule is CC(C(=O)NCCN1CCCCCC1)C1CCCC(N)C1. The highest BCUT2D eigenvalue weighted by Crippen LogP contribution is 2.29. The molecule has 0 spiro atoms. The lowest BCUT2D eigenvalue weighted by Crippen LogP contribution is -2.41. The zero-order chi connectivity index (χ0) is 15.1. The number of nitrogens with one attached hydrogen (secondary N) is 1. The summed E-state index contributed by atoms with van der Waals surface area (Å²) in [5.74, 6) is 0.816. The van der Waals surface area contributed by atoms with Gasteiger partial charge in [-0.2, -0.15) is 0 Å². The molecule has 21 heavy (non-hydrogen) atoms. The van der Waals surface area contributed by atoms with Crippen LogP contribution in [0.25, 0.3) is 0 Å². The summed E-state index contributed by atoms with van der Waals surface area (Å²) in [5.41, 5.74) is 6.04. The second-order valence-corrected chi connectivity index (χ2v) is 7.02. The first kappa shape index (κ1) is 16.8. The third-order valence-electron chi connectivity index (χ3n) is 5.30. The quantitative estimate of drug-likeness (QED) is 0.817. The van der Waals surface area contributed by atoms with Crippen molar-refractivity contribution < 1.29 is 4.79 Å². The molecule has 2 rings (SSSR count). The summed E-state index contributed by atoms with van der Waals surface area (Å²) in [4.78, 5) is 14.8. The van der Waals surface area contributed by atoms with Crippen LogP contribution in [0, 0.1) is 11.8 Å². The lowest BCUT2D eigenvalue weighted by Gasteiger charge is -2.30. The van der Waals surface area contributed by atoms with Crippen LogP contribution < -0.4 is 11.1 Å². The van der Waals surface area contributed by atoms with Crippen molar-refractivity contribution in [3.63, 3.8) is 0 Å². The minimum absolute atomic E-state index is 0.112. The van der Waals surface area contributed by atoms with Crippen LogP contribution in [0.5, 0.6) is 0 Å². The smallest absolute Gasteiger partial charge is 0.223 e. The lowest BCUT2D eigenvalue weighted by molar-refractivity contribution is -0.126. The Labute approximate surface area is 129 Å². The molecule has 0 bridgehead atoms. The molecule has 0 aromatic rings. The van der Waals surface area contributed by atoms with Gasteiger partial charge in [-0.25, -0.2) is 0 Å². The van der Waals surface area contributed by atoms with Gasteiger partial charge in [0.15, 0.2) is 0 Å². The van der Waals surface area contributed by atoms with E-state index in [1.165, 1.54) is 45.2 Å². The maximum atomic E-state index is 12.3. The van der Waals surface area contributed by atoms with E-state index < -0.39 is 0 Å². The molecule has 3 N–H and O–H groups in total. The third kappa shape index (κ3) is 5.59. The number of amides is 1. The molecule has 1 aliphatic carbocycles. The van der Waals surface area contributed by atoms with E-state index in [4.69, 9.17) is 5.73 Å². The molecule has 4 nitrogen and oxygen atoms in total. The zero-order valence-electron chi connectivity index (χ0n) is 13.7. The Bertz CT molecular complexity index is 313. The Balaban J connectivity index is 1.66. The first-order valence-electron chi connectivity index (χ1n) is 8.92. The maximum Gasteiger partial charge on any atom is 0.223 e. The average Bonchev–Trinajstić information content (AvgIpc) is 2.75. The summed E-state index contributed by atoms with van der Waals surface area (Å²) >= 11 is 0. The van der Waals surface area contributed by atoms with E-state index in [1.807, 2.05) is 0 Å². The van der Waals surface area contributed by atoms with Crippen molar-refractivity contribution in [2.24, 2.45) is 17.6 Å². The fraction of sp³-hybridized carbons (Fsp3) is 0.941. The van der Waals surface area contributed by atoms with Gasteiger partial charge in [0.25, 0.3) is 0 Å². The van der Waals surface area contributed by atoms with E-state index >= 15 is 0 Å². The summed E-state index contributed by atoms with van der Waals surface area (Å²) in [6.45, 7) is 6.26. The van der Waals surface area contributed by atoms with E-state index in [9.17, 15) is 4.79 Å². The second kappa shape index (κ2) is 8.74. The van der Waals surface area contributed by atoms with Crippen LogP contribution in [0.3, 0.4) is 0 Å². The van der Waals surface area contributed by atoms with Crippen molar-refractivity contribution in [3.05, 3.63) is 0 Å². The predicted octanol–water partition coefficient (Wildman–Crippen LogP) is 2.13. The summed E-state index contributed by atoms with van der Waals surface area (Å²) in [5, 5.41) is 3.14. The van der Waals surface area contributed by atoms with E-state index in [-0.39, 0.29) is 11.8 Å². The zero-order valence-corrected chi connectivity index (χ0v) is 13.7. The molecular formula is C17H33N3O. The molecule has 2 fully saturated rings. The number of nitrogens with zero attached hydrogens (tertiary/aromatic N) is 1. The fourth-order valence-corrected chi connectivity index (χ4v) is 3.79. The summed E-state index contributed by atoms with van der Waals surface area (Å²) in [7, 11) is 0. The van der Waals surface area contributed by atoms with Crippen molar-refractivity contribution in [3.8, 4) is 0 Å². The van der Waals surface area contributed by atoms with Gasteiger partial charge in [0.1, 0.15) is 0 Å². The maximum absolute atomic E-state index is 12.3. The molecule has 4 heteroatoms. The second-order valence-electron chi connectivity index (χ2n) is 7.02. The van der Waals surface area contributed by atoms with Crippen LogP contribution in [0.2, 0.25) is 0 Å². The summed E-state index contributed by atoms with van der Waals surface area (Å²) in [6, 6.07) is 0.302. The van der Waals surface area contributed by atoms with Gasteiger partial charge >= 0.3 is 0 Å². The Morgan fingerprint density at radius 3 is 2.57 bits per heavy atom. The van der Waals surface area contributed by atoms with Crippen molar-refractivity contribution in [1.29, 1.82) is 0 Å². The number of hydrogen-bond donors (Lipinski definition) is 2. The normalized spacial score (nSPS) is 29.6. The van der Waals surface area contributed by atoms with Crippen molar-refractivity contribution in [1.82, 2.24) is 10.2 Å². The van der Waals surface area contributed by atoms with Gasteiger partial charge in [-0.15, -0.1) is 0 Å². The molecule has 0 aromatic carbocycles. The largest absolute Gasteiger partial charge is 0.355 e. The van der Waals surface area contributed by atoms with Crippen LogP contribution >= 0.6 is 0 Å².